The van der Waals surface area contributed by atoms with E-state index in [1.54, 1.807) is 0 Å². The number of hydrogen-bond acceptors (Lipinski definition) is 4. The summed E-state index contributed by atoms with van der Waals surface area (Å²) in [6.07, 6.45) is -0.138. The Labute approximate surface area is 71.5 Å². The average Bonchev–Trinajstić information content (AvgIpc) is 2.03. The number of rotatable bonds is 5. The average molecular weight is 174 g/mol. The first-order valence-electron chi connectivity index (χ1n) is 3.81. The Balaban J connectivity index is 3.65. The summed E-state index contributed by atoms with van der Waals surface area (Å²) in [4.78, 5) is 10.8. The van der Waals surface area contributed by atoms with Crippen LogP contribution in [0.4, 0.5) is 0 Å². The van der Waals surface area contributed by atoms with Crippen LogP contribution in [-0.2, 0) is 9.53 Å². The summed E-state index contributed by atoms with van der Waals surface area (Å²) in [5.74, 6) is -0.751. The van der Waals surface area contributed by atoms with Gasteiger partial charge in [0.15, 0.2) is 6.29 Å². The first-order valence-corrected chi connectivity index (χ1v) is 3.81. The van der Waals surface area contributed by atoms with Gasteiger partial charge in [-0.1, -0.05) is 19.9 Å². The second-order valence-corrected chi connectivity index (χ2v) is 2.39. The molecule has 0 aromatic rings. The van der Waals surface area contributed by atoms with Gasteiger partial charge in [0.2, 0.25) is 0 Å². The normalized spacial score (nSPS) is 10.0. The maximum absolute atomic E-state index is 10.8. The minimum atomic E-state index is -1.82. The van der Waals surface area contributed by atoms with E-state index < -0.39 is 12.3 Å². The molecule has 0 aromatic carbocycles. The monoisotopic (exact) mass is 174 g/mol. The third-order valence-electron chi connectivity index (χ3n) is 1.30. The molecule has 70 valence electrons. The lowest BCUT2D eigenvalue weighted by Crippen LogP contribution is -2.18. The van der Waals surface area contributed by atoms with Gasteiger partial charge in [0.1, 0.15) is 0 Å². The van der Waals surface area contributed by atoms with E-state index in [9.17, 15) is 4.79 Å². The zero-order valence-corrected chi connectivity index (χ0v) is 7.12. The second kappa shape index (κ2) is 5.74. The summed E-state index contributed by atoms with van der Waals surface area (Å²) in [6, 6.07) is 0. The Kier molecular flexibility index (Phi) is 5.32. The molecule has 0 aliphatic heterocycles. The fraction of sp³-hybridized carbons (Fsp3) is 0.625. The van der Waals surface area contributed by atoms with Crippen molar-refractivity contribution in [2.75, 3.05) is 6.61 Å². The molecule has 0 saturated carbocycles. The maximum Gasteiger partial charge on any atom is 0.338 e. The van der Waals surface area contributed by atoms with Crippen LogP contribution < -0.4 is 0 Å². The molecule has 12 heavy (non-hydrogen) atoms. The van der Waals surface area contributed by atoms with E-state index >= 15 is 0 Å². The van der Waals surface area contributed by atoms with Crippen LogP contribution in [0.3, 0.4) is 0 Å². The van der Waals surface area contributed by atoms with Crippen LogP contribution in [0.2, 0.25) is 0 Å². The van der Waals surface area contributed by atoms with Crippen molar-refractivity contribution in [1.29, 1.82) is 0 Å². The van der Waals surface area contributed by atoms with E-state index in [-0.39, 0.29) is 5.57 Å². The molecule has 4 nitrogen and oxygen atoms in total. The molecule has 0 spiro atoms. The third kappa shape index (κ3) is 4.10. The topological polar surface area (TPSA) is 66.8 Å². The number of hydrogen-bond donors (Lipinski definition) is 2. The van der Waals surface area contributed by atoms with E-state index in [1.165, 1.54) is 0 Å². The van der Waals surface area contributed by atoms with Crippen molar-refractivity contribution in [3.63, 3.8) is 0 Å². The van der Waals surface area contributed by atoms with Crippen molar-refractivity contribution in [2.24, 2.45) is 0 Å². The van der Waals surface area contributed by atoms with Crippen LogP contribution in [0.25, 0.3) is 0 Å². The highest BCUT2D eigenvalue weighted by atomic mass is 16.5. The Morgan fingerprint density at radius 3 is 2.58 bits per heavy atom. The molecule has 0 atom stereocenters. The van der Waals surface area contributed by atoms with Gasteiger partial charge in [0, 0.05) is 0 Å². The lowest BCUT2D eigenvalue weighted by atomic mass is 10.3. The van der Waals surface area contributed by atoms with Crippen LogP contribution in [0, 0.1) is 0 Å². The molecule has 0 rings (SSSR count). The van der Waals surface area contributed by atoms with Gasteiger partial charge < -0.3 is 14.9 Å². The van der Waals surface area contributed by atoms with Crippen LogP contribution in [0.5, 0.6) is 0 Å². The molecule has 4 heteroatoms. The number of esters is 1. The zero-order valence-electron chi connectivity index (χ0n) is 7.12. The fourth-order valence-electron chi connectivity index (χ4n) is 0.507. The molecule has 0 heterocycles. The number of unbranched alkanes of at least 4 members (excludes halogenated alkanes) is 1. The molecule has 0 amide bonds. The molecule has 0 aromatic heterocycles. The van der Waals surface area contributed by atoms with Crippen LogP contribution in [0.15, 0.2) is 12.2 Å². The minimum absolute atomic E-state index is 0.293. The third-order valence-corrected chi connectivity index (χ3v) is 1.30. The largest absolute Gasteiger partial charge is 0.462 e. The van der Waals surface area contributed by atoms with Crippen molar-refractivity contribution in [3.05, 3.63) is 12.2 Å². The predicted octanol–water partition coefficient (Wildman–Crippen LogP) is 0.197. The van der Waals surface area contributed by atoms with Gasteiger partial charge in [-0.15, -0.1) is 0 Å². The molecule has 2 N–H and O–H groups in total. The van der Waals surface area contributed by atoms with Crippen molar-refractivity contribution < 1.29 is 19.7 Å². The van der Waals surface area contributed by atoms with E-state index in [0.717, 1.165) is 12.8 Å². The first-order chi connectivity index (χ1) is 5.59. The zero-order chi connectivity index (χ0) is 9.56. The summed E-state index contributed by atoms with van der Waals surface area (Å²) in [5, 5.41) is 17.0. The van der Waals surface area contributed by atoms with Crippen LogP contribution in [-0.4, -0.2) is 29.1 Å². The van der Waals surface area contributed by atoms with Crippen molar-refractivity contribution in [3.8, 4) is 0 Å². The predicted molar refractivity (Wildman–Crippen MR) is 43.2 cm³/mol. The van der Waals surface area contributed by atoms with Gasteiger partial charge in [-0.3, -0.25) is 0 Å². The molecule has 0 aliphatic rings. The lowest BCUT2D eigenvalue weighted by molar-refractivity contribution is -0.143. The standard InChI is InChI=1S/C8H14O4/c1-3-4-5-12-8(11)6(2)7(9)10/h7,9-10H,2-5H2,1H3. The Morgan fingerprint density at radius 1 is 1.58 bits per heavy atom. The molecule has 0 unspecified atom stereocenters. The summed E-state index contributed by atoms with van der Waals surface area (Å²) in [6.45, 7) is 5.41. The quantitative estimate of drug-likeness (QED) is 0.270. The van der Waals surface area contributed by atoms with Gasteiger partial charge in [-0.25, -0.2) is 4.79 Å². The van der Waals surface area contributed by atoms with E-state index in [1.807, 2.05) is 6.92 Å². The van der Waals surface area contributed by atoms with E-state index in [4.69, 9.17) is 10.2 Å². The van der Waals surface area contributed by atoms with Gasteiger partial charge in [0.05, 0.1) is 12.2 Å². The van der Waals surface area contributed by atoms with Crippen molar-refractivity contribution in [1.82, 2.24) is 0 Å². The molecule has 0 aliphatic carbocycles. The molecule has 0 saturated heterocycles. The number of carbonyl (C=O) groups is 1. The maximum atomic E-state index is 10.8. The SMILES string of the molecule is C=C(C(=O)OCCCC)C(O)O. The Bertz CT molecular complexity index is 162. The number of ether oxygens (including phenoxy) is 1. The van der Waals surface area contributed by atoms with Crippen molar-refractivity contribution in [2.45, 2.75) is 26.1 Å². The van der Waals surface area contributed by atoms with E-state index in [2.05, 4.69) is 11.3 Å². The van der Waals surface area contributed by atoms with Gasteiger partial charge >= 0.3 is 5.97 Å². The summed E-state index contributed by atoms with van der Waals surface area (Å²) >= 11 is 0. The Morgan fingerprint density at radius 2 is 2.17 bits per heavy atom. The van der Waals surface area contributed by atoms with Gasteiger partial charge in [-0.2, -0.15) is 0 Å². The van der Waals surface area contributed by atoms with Crippen LogP contribution >= 0.6 is 0 Å². The molecule has 0 fully saturated rings. The number of aliphatic hydroxyl groups is 2. The molecular formula is C8H14O4. The Hall–Kier alpha value is -0.870. The highest BCUT2D eigenvalue weighted by Crippen LogP contribution is 2.00. The number of aliphatic hydroxyl groups excluding tert-OH is 1. The summed E-state index contributed by atoms with van der Waals surface area (Å²) in [5.41, 5.74) is -0.328. The lowest BCUT2D eigenvalue weighted by Gasteiger charge is -2.07. The van der Waals surface area contributed by atoms with Crippen LogP contribution in [0.1, 0.15) is 19.8 Å². The second-order valence-electron chi connectivity index (χ2n) is 2.39. The van der Waals surface area contributed by atoms with E-state index in [0.29, 0.717) is 6.61 Å². The highest BCUT2D eigenvalue weighted by Gasteiger charge is 2.14. The minimum Gasteiger partial charge on any atom is -0.462 e. The smallest absolute Gasteiger partial charge is 0.338 e. The van der Waals surface area contributed by atoms with Gasteiger partial charge in [0.25, 0.3) is 0 Å². The summed E-state index contributed by atoms with van der Waals surface area (Å²) in [7, 11) is 0. The summed E-state index contributed by atoms with van der Waals surface area (Å²) < 4.78 is 4.65. The fourth-order valence-corrected chi connectivity index (χ4v) is 0.507. The first kappa shape index (κ1) is 11.1. The number of carbonyl (C=O) groups excluding carboxylic acids is 1. The highest BCUT2D eigenvalue weighted by molar-refractivity contribution is 5.88. The molecule has 0 radical (unpaired) electrons. The van der Waals surface area contributed by atoms with Gasteiger partial charge in [-0.05, 0) is 6.42 Å². The molecular weight excluding hydrogens is 160 g/mol. The van der Waals surface area contributed by atoms with Crippen molar-refractivity contribution >= 4 is 5.97 Å². The molecule has 0 bridgehead atoms.